The number of likely N-dealkylation sites (N-methyl/N-ethyl adjacent to an activating group) is 2. The van der Waals surface area contributed by atoms with Crippen molar-refractivity contribution in [1.82, 2.24) is 9.80 Å². The second kappa shape index (κ2) is 5.94. The first-order valence-electron chi connectivity index (χ1n) is 8.50. The third kappa shape index (κ3) is 2.90. The highest BCUT2D eigenvalue weighted by atomic mass is 15.3. The zero-order valence-corrected chi connectivity index (χ0v) is 14.3. The smallest absolute Gasteiger partial charge is 0.0360 e. The van der Waals surface area contributed by atoms with Gasteiger partial charge in [0.1, 0.15) is 0 Å². The van der Waals surface area contributed by atoms with Crippen LogP contribution in [0.25, 0.3) is 0 Å². The lowest BCUT2D eigenvalue weighted by molar-refractivity contribution is 0.0604. The van der Waals surface area contributed by atoms with Crippen molar-refractivity contribution in [3.05, 3.63) is 0 Å². The van der Waals surface area contributed by atoms with Crippen LogP contribution >= 0.6 is 0 Å². The highest BCUT2D eigenvalue weighted by Gasteiger charge is 2.50. The Kier molecular flexibility index (Phi) is 4.83. The molecule has 1 aliphatic carbocycles. The van der Waals surface area contributed by atoms with Crippen LogP contribution in [0, 0.1) is 11.3 Å². The van der Waals surface area contributed by atoms with Crippen LogP contribution in [0.3, 0.4) is 0 Å². The van der Waals surface area contributed by atoms with Crippen LogP contribution in [0.4, 0.5) is 0 Å². The Bertz CT molecular complexity index is 328. The zero-order chi connectivity index (χ0) is 15.0. The molecule has 0 bridgehead atoms. The summed E-state index contributed by atoms with van der Waals surface area (Å²) in [5.74, 6) is 0.698. The number of nitrogens with zero attached hydrogens (tertiary/aromatic N) is 2. The number of hydrogen-bond donors (Lipinski definition) is 1. The molecule has 0 radical (unpaired) electrons. The Morgan fingerprint density at radius 2 is 2.05 bits per heavy atom. The van der Waals surface area contributed by atoms with Gasteiger partial charge in [0.15, 0.2) is 0 Å². The Morgan fingerprint density at radius 3 is 2.55 bits per heavy atom. The summed E-state index contributed by atoms with van der Waals surface area (Å²) in [4.78, 5) is 5.26. The van der Waals surface area contributed by atoms with E-state index < -0.39 is 0 Å². The minimum atomic E-state index is 0.214. The monoisotopic (exact) mass is 281 g/mol. The molecule has 1 saturated carbocycles. The molecule has 0 aromatic heterocycles. The normalized spacial score (nSPS) is 38.0. The molecule has 1 heterocycles. The molecule has 2 aliphatic rings. The third-order valence-corrected chi connectivity index (χ3v) is 6.06. The van der Waals surface area contributed by atoms with Crippen LogP contribution in [0.2, 0.25) is 0 Å². The van der Waals surface area contributed by atoms with Crippen molar-refractivity contribution in [3.8, 4) is 0 Å². The summed E-state index contributed by atoms with van der Waals surface area (Å²) < 4.78 is 0. The van der Waals surface area contributed by atoms with E-state index in [9.17, 15) is 0 Å². The van der Waals surface area contributed by atoms with Crippen LogP contribution in [-0.2, 0) is 0 Å². The van der Waals surface area contributed by atoms with Crippen LogP contribution in [0.5, 0.6) is 0 Å². The molecule has 1 saturated heterocycles. The van der Waals surface area contributed by atoms with Crippen LogP contribution < -0.4 is 5.73 Å². The fourth-order valence-corrected chi connectivity index (χ4v) is 5.05. The predicted octanol–water partition coefficient (Wildman–Crippen LogP) is 2.56. The van der Waals surface area contributed by atoms with Gasteiger partial charge in [0, 0.05) is 24.7 Å². The molecule has 118 valence electrons. The Balaban J connectivity index is 2.08. The van der Waals surface area contributed by atoms with E-state index in [0.717, 1.165) is 12.6 Å². The highest BCUT2D eigenvalue weighted by Crippen LogP contribution is 2.49. The SMILES string of the molecule is CCN1CCCC1CN(C)C1(CN)CC(C)(C)CC1C. The Hall–Kier alpha value is -0.120. The van der Waals surface area contributed by atoms with Crippen molar-refractivity contribution >= 4 is 0 Å². The van der Waals surface area contributed by atoms with E-state index in [-0.39, 0.29) is 5.54 Å². The molecule has 20 heavy (non-hydrogen) atoms. The van der Waals surface area contributed by atoms with Crippen molar-refractivity contribution in [2.45, 2.75) is 65.0 Å². The molecule has 0 spiro atoms. The lowest BCUT2D eigenvalue weighted by Crippen LogP contribution is -2.57. The molecular weight excluding hydrogens is 246 g/mol. The van der Waals surface area contributed by atoms with E-state index in [0.29, 0.717) is 11.3 Å². The van der Waals surface area contributed by atoms with Gasteiger partial charge in [0.25, 0.3) is 0 Å². The molecule has 3 atom stereocenters. The molecular formula is C17H35N3. The van der Waals surface area contributed by atoms with Crippen molar-refractivity contribution in [2.24, 2.45) is 17.1 Å². The topological polar surface area (TPSA) is 32.5 Å². The summed E-state index contributed by atoms with van der Waals surface area (Å²) in [5, 5.41) is 0. The maximum atomic E-state index is 6.27. The second-order valence-corrected chi connectivity index (χ2v) is 8.06. The summed E-state index contributed by atoms with van der Waals surface area (Å²) in [6.45, 7) is 14.0. The van der Waals surface area contributed by atoms with E-state index in [1.165, 1.54) is 45.3 Å². The fourth-order valence-electron chi connectivity index (χ4n) is 5.05. The first kappa shape index (κ1) is 16.3. The third-order valence-electron chi connectivity index (χ3n) is 6.06. The van der Waals surface area contributed by atoms with Crippen LogP contribution in [0.1, 0.15) is 53.4 Å². The van der Waals surface area contributed by atoms with Gasteiger partial charge in [-0.3, -0.25) is 9.80 Å². The predicted molar refractivity (Wildman–Crippen MR) is 86.9 cm³/mol. The van der Waals surface area contributed by atoms with E-state index in [1.807, 2.05) is 0 Å². The van der Waals surface area contributed by atoms with Crippen molar-refractivity contribution < 1.29 is 0 Å². The van der Waals surface area contributed by atoms with Gasteiger partial charge in [0.2, 0.25) is 0 Å². The van der Waals surface area contributed by atoms with Crippen molar-refractivity contribution in [1.29, 1.82) is 0 Å². The average molecular weight is 281 g/mol. The van der Waals surface area contributed by atoms with Crippen molar-refractivity contribution in [3.63, 3.8) is 0 Å². The van der Waals surface area contributed by atoms with Gasteiger partial charge < -0.3 is 5.73 Å². The number of likely N-dealkylation sites (tertiary alicyclic amines) is 1. The zero-order valence-electron chi connectivity index (χ0n) is 14.3. The maximum Gasteiger partial charge on any atom is 0.0360 e. The molecule has 0 aromatic carbocycles. The Morgan fingerprint density at radius 1 is 1.35 bits per heavy atom. The molecule has 2 fully saturated rings. The highest BCUT2D eigenvalue weighted by molar-refractivity contribution is 5.06. The summed E-state index contributed by atoms with van der Waals surface area (Å²) in [5.41, 5.74) is 6.92. The maximum absolute atomic E-state index is 6.27. The van der Waals surface area contributed by atoms with E-state index in [2.05, 4.69) is 44.5 Å². The van der Waals surface area contributed by atoms with E-state index >= 15 is 0 Å². The summed E-state index contributed by atoms with van der Waals surface area (Å²) in [6.07, 6.45) is 5.27. The Labute approximate surface area is 125 Å². The van der Waals surface area contributed by atoms with Gasteiger partial charge in [-0.1, -0.05) is 27.7 Å². The van der Waals surface area contributed by atoms with Crippen LogP contribution in [0.15, 0.2) is 0 Å². The second-order valence-electron chi connectivity index (χ2n) is 8.06. The van der Waals surface area contributed by atoms with Gasteiger partial charge in [-0.2, -0.15) is 0 Å². The molecule has 2 N–H and O–H groups in total. The van der Waals surface area contributed by atoms with Gasteiger partial charge in [-0.05, 0) is 57.2 Å². The lowest BCUT2D eigenvalue weighted by Gasteiger charge is -2.44. The standard InChI is InChI=1S/C17H35N3/c1-6-20-9-7-8-15(20)11-19(5)17(13-18)12-16(3,4)10-14(17)2/h14-15H,6-13,18H2,1-5H3. The average Bonchev–Trinajstić information content (AvgIpc) is 2.91. The molecule has 1 aliphatic heterocycles. The number of nitrogens with two attached hydrogens (primary N) is 1. The van der Waals surface area contributed by atoms with Gasteiger partial charge >= 0.3 is 0 Å². The van der Waals surface area contributed by atoms with Gasteiger partial charge in [-0.15, -0.1) is 0 Å². The minimum Gasteiger partial charge on any atom is -0.329 e. The lowest BCUT2D eigenvalue weighted by atomic mass is 9.84. The first-order valence-corrected chi connectivity index (χ1v) is 8.50. The minimum absolute atomic E-state index is 0.214. The number of rotatable bonds is 5. The van der Waals surface area contributed by atoms with Gasteiger partial charge in [-0.25, -0.2) is 0 Å². The van der Waals surface area contributed by atoms with E-state index in [4.69, 9.17) is 5.73 Å². The number of hydrogen-bond acceptors (Lipinski definition) is 3. The van der Waals surface area contributed by atoms with Crippen LogP contribution in [-0.4, -0.2) is 54.6 Å². The summed E-state index contributed by atoms with van der Waals surface area (Å²) in [7, 11) is 2.32. The van der Waals surface area contributed by atoms with Crippen molar-refractivity contribution in [2.75, 3.05) is 33.2 Å². The fraction of sp³-hybridized carbons (Fsp3) is 1.00. The summed E-state index contributed by atoms with van der Waals surface area (Å²) >= 11 is 0. The largest absolute Gasteiger partial charge is 0.329 e. The van der Waals surface area contributed by atoms with Gasteiger partial charge in [0.05, 0.1) is 0 Å². The molecule has 3 heteroatoms. The molecule has 0 aromatic rings. The summed E-state index contributed by atoms with van der Waals surface area (Å²) in [6, 6.07) is 0.740. The molecule has 3 unspecified atom stereocenters. The molecule has 3 nitrogen and oxygen atoms in total. The van der Waals surface area contributed by atoms with E-state index in [1.54, 1.807) is 0 Å². The first-order chi connectivity index (χ1) is 9.34. The molecule has 2 rings (SSSR count). The molecule has 0 amide bonds. The quantitative estimate of drug-likeness (QED) is 0.840.